The lowest BCUT2D eigenvalue weighted by atomic mass is 10.2. The molecule has 88 valence electrons. The van der Waals surface area contributed by atoms with Gasteiger partial charge in [0.25, 0.3) is 0 Å². The van der Waals surface area contributed by atoms with E-state index < -0.39 is 31.7 Å². The van der Waals surface area contributed by atoms with Crippen molar-refractivity contribution < 1.29 is 26.8 Å². The minimum atomic E-state index is -4.52. The van der Waals surface area contributed by atoms with Crippen LogP contribution in [0.5, 0.6) is 0 Å². The average Bonchev–Trinajstić information content (AvgIpc) is 2.65. The summed E-state index contributed by atoms with van der Waals surface area (Å²) in [6, 6.07) is 0. The second kappa shape index (κ2) is 4.11. The van der Waals surface area contributed by atoms with Crippen molar-refractivity contribution >= 4 is 13.0 Å². The third kappa shape index (κ3) is 2.32. The van der Waals surface area contributed by atoms with Crippen molar-refractivity contribution in [1.82, 2.24) is 5.43 Å². The molecule has 1 atom stereocenters. The average molecular weight is 246 g/mol. The van der Waals surface area contributed by atoms with Crippen LogP contribution in [0.2, 0.25) is 0 Å². The molecule has 0 saturated heterocycles. The molecule has 0 aromatic heterocycles. The molecular weight excluding hydrogens is 236 g/mol. The number of hydrogen-bond acceptors (Lipinski definition) is 5. The van der Waals surface area contributed by atoms with E-state index in [1.165, 1.54) is 0 Å². The Labute approximate surface area is 84.2 Å². The molecule has 0 amide bonds. The fourth-order valence-corrected chi connectivity index (χ4v) is 2.50. The van der Waals surface area contributed by atoms with Crippen LogP contribution < -0.4 is 5.43 Å². The van der Waals surface area contributed by atoms with Gasteiger partial charge in [-0.3, -0.25) is 4.57 Å². The molecule has 0 aromatic rings. The molecule has 1 aliphatic rings. The van der Waals surface area contributed by atoms with Crippen molar-refractivity contribution in [3.8, 4) is 0 Å². The van der Waals surface area contributed by atoms with Crippen molar-refractivity contribution in [2.24, 2.45) is 11.0 Å². The molecule has 0 aromatic carbocycles. The number of alkyl halides is 3. The van der Waals surface area contributed by atoms with Gasteiger partial charge in [-0.2, -0.15) is 18.3 Å². The molecule has 9 heteroatoms. The first kappa shape index (κ1) is 12.5. The molecule has 1 unspecified atom stereocenters. The van der Waals surface area contributed by atoms with Crippen molar-refractivity contribution in [1.29, 1.82) is 0 Å². The van der Waals surface area contributed by atoms with E-state index in [0.717, 1.165) is 14.2 Å². The van der Waals surface area contributed by atoms with E-state index >= 15 is 0 Å². The molecule has 1 heterocycles. The van der Waals surface area contributed by atoms with Crippen molar-refractivity contribution in [3.63, 3.8) is 0 Å². The molecule has 5 nitrogen and oxygen atoms in total. The van der Waals surface area contributed by atoms with Crippen LogP contribution in [0.15, 0.2) is 5.10 Å². The zero-order valence-electron chi connectivity index (χ0n) is 8.04. The summed E-state index contributed by atoms with van der Waals surface area (Å²) in [4.78, 5) is 0. The summed E-state index contributed by atoms with van der Waals surface area (Å²) in [7, 11) is -1.89. The van der Waals surface area contributed by atoms with E-state index in [4.69, 9.17) is 0 Å². The maximum Gasteiger partial charge on any atom is 0.399 e. The summed E-state index contributed by atoms with van der Waals surface area (Å²) in [6.45, 7) is -0.449. The van der Waals surface area contributed by atoms with E-state index in [1.807, 2.05) is 0 Å². The van der Waals surface area contributed by atoms with Crippen LogP contribution in [0.3, 0.4) is 0 Å². The highest BCUT2D eigenvalue weighted by molar-refractivity contribution is 7.72. The molecule has 0 bridgehead atoms. The highest BCUT2D eigenvalue weighted by Crippen LogP contribution is 2.53. The van der Waals surface area contributed by atoms with Gasteiger partial charge in [-0.1, -0.05) is 0 Å². The van der Waals surface area contributed by atoms with Gasteiger partial charge in [-0.25, -0.2) is 0 Å². The molecule has 0 fully saturated rings. The number of hydrogen-bond donors (Lipinski definition) is 1. The number of nitrogens with one attached hydrogen (secondary N) is 1. The first-order chi connectivity index (χ1) is 6.85. The third-order valence-electron chi connectivity index (χ3n) is 1.96. The molecular formula is C6H10F3N2O3P. The summed E-state index contributed by atoms with van der Waals surface area (Å²) in [5, 5.41) is 3.33. The maximum atomic E-state index is 12.5. The minimum absolute atomic E-state index is 0.449. The summed E-state index contributed by atoms with van der Waals surface area (Å²) in [6.07, 6.45) is -4.52. The highest BCUT2D eigenvalue weighted by atomic mass is 31.2. The Hall–Kier alpha value is -0.590. The normalized spacial score (nSPS) is 22.5. The van der Waals surface area contributed by atoms with E-state index in [2.05, 4.69) is 19.6 Å². The zero-order chi connectivity index (χ0) is 11.7. The van der Waals surface area contributed by atoms with Crippen LogP contribution in [0.4, 0.5) is 13.2 Å². The van der Waals surface area contributed by atoms with Crippen molar-refractivity contribution in [2.75, 3.05) is 20.8 Å². The molecule has 1 N–H and O–H groups in total. The fraction of sp³-hybridized carbons (Fsp3) is 0.833. The summed E-state index contributed by atoms with van der Waals surface area (Å²) in [5.41, 5.74) is 1.51. The Morgan fingerprint density at radius 2 is 2.00 bits per heavy atom. The molecule has 0 radical (unpaired) electrons. The van der Waals surface area contributed by atoms with Gasteiger partial charge in [0.05, 0.1) is 6.54 Å². The number of nitrogens with zero attached hydrogens (tertiary/aromatic N) is 1. The number of hydrazone groups is 1. The van der Waals surface area contributed by atoms with E-state index in [-0.39, 0.29) is 0 Å². The van der Waals surface area contributed by atoms with E-state index in [1.54, 1.807) is 0 Å². The van der Waals surface area contributed by atoms with E-state index in [9.17, 15) is 17.7 Å². The highest BCUT2D eigenvalue weighted by Gasteiger charge is 2.52. The summed E-state index contributed by atoms with van der Waals surface area (Å²) < 4.78 is 58.0. The molecule has 15 heavy (non-hydrogen) atoms. The van der Waals surface area contributed by atoms with Crippen LogP contribution in [-0.4, -0.2) is 32.4 Å². The fourth-order valence-electron chi connectivity index (χ4n) is 1.16. The van der Waals surface area contributed by atoms with E-state index in [0.29, 0.717) is 0 Å². The minimum Gasteiger partial charge on any atom is -0.308 e. The summed E-state index contributed by atoms with van der Waals surface area (Å²) in [5.74, 6) is -1.93. The summed E-state index contributed by atoms with van der Waals surface area (Å²) >= 11 is 0. The number of rotatable bonds is 3. The van der Waals surface area contributed by atoms with Crippen LogP contribution >= 0.6 is 7.60 Å². The van der Waals surface area contributed by atoms with Crippen LogP contribution in [0, 0.1) is 5.92 Å². The van der Waals surface area contributed by atoms with Gasteiger partial charge in [0.1, 0.15) is 5.92 Å². The van der Waals surface area contributed by atoms with Gasteiger partial charge < -0.3 is 14.5 Å². The lowest BCUT2D eigenvalue weighted by Crippen LogP contribution is -2.32. The third-order valence-corrected chi connectivity index (χ3v) is 3.89. The molecule has 0 spiro atoms. The Bertz CT molecular complexity index is 309. The lowest BCUT2D eigenvalue weighted by Gasteiger charge is -2.19. The van der Waals surface area contributed by atoms with Crippen LogP contribution in [0.1, 0.15) is 0 Å². The predicted octanol–water partition coefficient (Wildman–Crippen LogP) is 1.57. The van der Waals surface area contributed by atoms with Crippen molar-refractivity contribution in [2.45, 2.75) is 6.18 Å². The predicted molar refractivity (Wildman–Crippen MR) is 46.6 cm³/mol. The lowest BCUT2D eigenvalue weighted by molar-refractivity contribution is -0.151. The molecule has 0 saturated carbocycles. The monoisotopic (exact) mass is 246 g/mol. The Balaban J connectivity index is 3.00. The van der Waals surface area contributed by atoms with Gasteiger partial charge in [0, 0.05) is 14.2 Å². The number of halogens is 3. The largest absolute Gasteiger partial charge is 0.399 e. The Morgan fingerprint density at radius 1 is 1.47 bits per heavy atom. The molecule has 1 aliphatic heterocycles. The van der Waals surface area contributed by atoms with Gasteiger partial charge >= 0.3 is 13.8 Å². The van der Waals surface area contributed by atoms with Gasteiger partial charge in [-0.15, -0.1) is 0 Å². The van der Waals surface area contributed by atoms with Gasteiger partial charge in [0.2, 0.25) is 0 Å². The van der Waals surface area contributed by atoms with Gasteiger partial charge in [0.15, 0.2) is 5.45 Å². The van der Waals surface area contributed by atoms with Gasteiger partial charge in [-0.05, 0) is 0 Å². The van der Waals surface area contributed by atoms with Crippen LogP contribution in [0.25, 0.3) is 0 Å². The van der Waals surface area contributed by atoms with Crippen molar-refractivity contribution in [3.05, 3.63) is 0 Å². The second-order valence-electron chi connectivity index (χ2n) is 2.79. The Morgan fingerprint density at radius 3 is 2.40 bits per heavy atom. The Kier molecular flexibility index (Phi) is 3.42. The van der Waals surface area contributed by atoms with Crippen LogP contribution in [-0.2, 0) is 13.6 Å². The molecule has 1 rings (SSSR count). The maximum absolute atomic E-state index is 12.5. The topological polar surface area (TPSA) is 59.9 Å². The smallest absolute Gasteiger partial charge is 0.308 e. The second-order valence-corrected chi connectivity index (χ2v) is 4.97. The first-order valence-corrected chi connectivity index (χ1v) is 5.48. The standard InChI is InChI=1S/C6H10F3N2O3P/c1-13-15(12,14-2)5-4(3-10-11-5)6(7,8)9/h4,10H,3H2,1-2H3. The quantitative estimate of drug-likeness (QED) is 0.768. The SMILES string of the molecule is COP(=O)(OC)C1=NNCC1C(F)(F)F. The molecule has 0 aliphatic carbocycles. The zero-order valence-corrected chi connectivity index (χ0v) is 8.93. The first-order valence-electron chi connectivity index (χ1n) is 3.94.